The zero-order valence-corrected chi connectivity index (χ0v) is 21.8. The van der Waals surface area contributed by atoms with E-state index in [1.54, 1.807) is 17.5 Å². The van der Waals surface area contributed by atoms with Crippen LogP contribution in [-0.4, -0.2) is 84.3 Å². The lowest BCUT2D eigenvalue weighted by atomic mass is 9.98. The van der Waals surface area contributed by atoms with E-state index in [9.17, 15) is 28.8 Å². The zero-order valence-electron chi connectivity index (χ0n) is 21.0. The third-order valence-corrected chi connectivity index (χ3v) is 7.30. The summed E-state index contributed by atoms with van der Waals surface area (Å²) in [5.41, 5.74) is 0. The standard InChI is InChI=1S/C24H33N5O7S/c1-3-4-5-6-7-8-11-28-12-13-29(22(33)21(28)32)24(35)27-16(15-10-9-14-37-15)19(30)25-17-18(23(34)36-2)26-20(17)31/h9-10,14,16-18H,3-8,11-13H2,1-2H3,(H,25,30)(H,26,31)(H,27,35)/t16?,17-,18+/m1/s1. The first-order chi connectivity index (χ1) is 17.8. The van der Waals surface area contributed by atoms with Crippen molar-refractivity contribution in [3.63, 3.8) is 0 Å². The molecule has 37 heavy (non-hydrogen) atoms. The highest BCUT2D eigenvalue weighted by molar-refractivity contribution is 7.10. The van der Waals surface area contributed by atoms with Gasteiger partial charge < -0.3 is 25.6 Å². The lowest BCUT2D eigenvalue weighted by Gasteiger charge is -2.36. The van der Waals surface area contributed by atoms with Gasteiger partial charge in [0.25, 0.3) is 0 Å². The Hall–Kier alpha value is -3.48. The van der Waals surface area contributed by atoms with Crippen molar-refractivity contribution >= 4 is 47.0 Å². The number of nitrogens with one attached hydrogen (secondary N) is 3. The molecule has 0 spiro atoms. The Morgan fingerprint density at radius 2 is 1.84 bits per heavy atom. The van der Waals surface area contributed by atoms with Gasteiger partial charge in [0.2, 0.25) is 11.8 Å². The molecule has 3 heterocycles. The highest BCUT2D eigenvalue weighted by Crippen LogP contribution is 2.21. The second kappa shape index (κ2) is 13.2. The molecule has 3 N–H and O–H groups in total. The summed E-state index contributed by atoms with van der Waals surface area (Å²) >= 11 is 1.18. The molecule has 0 bridgehead atoms. The number of hydrogen-bond acceptors (Lipinski definition) is 8. The van der Waals surface area contributed by atoms with Crippen LogP contribution < -0.4 is 16.0 Å². The van der Waals surface area contributed by atoms with Crippen LogP contribution in [0, 0.1) is 0 Å². The van der Waals surface area contributed by atoms with E-state index in [4.69, 9.17) is 0 Å². The van der Waals surface area contributed by atoms with Crippen molar-refractivity contribution in [1.29, 1.82) is 0 Å². The van der Waals surface area contributed by atoms with Gasteiger partial charge in [-0.3, -0.25) is 24.1 Å². The van der Waals surface area contributed by atoms with Crippen molar-refractivity contribution in [2.24, 2.45) is 0 Å². The van der Waals surface area contributed by atoms with Gasteiger partial charge in [0, 0.05) is 24.5 Å². The molecule has 202 valence electrons. The number of rotatable bonds is 12. The predicted molar refractivity (Wildman–Crippen MR) is 133 cm³/mol. The quantitative estimate of drug-likeness (QED) is 0.154. The number of unbranched alkanes of at least 4 members (excludes halogenated alkanes) is 5. The number of imide groups is 1. The molecule has 2 fully saturated rings. The number of carbonyl (C=O) groups is 6. The van der Waals surface area contributed by atoms with E-state index in [0.29, 0.717) is 11.4 Å². The summed E-state index contributed by atoms with van der Waals surface area (Å²) in [7, 11) is 1.16. The fourth-order valence-corrected chi connectivity index (χ4v) is 4.95. The van der Waals surface area contributed by atoms with Crippen molar-refractivity contribution in [1.82, 2.24) is 25.8 Å². The molecule has 0 aromatic carbocycles. The number of urea groups is 1. The van der Waals surface area contributed by atoms with Gasteiger partial charge in [-0.2, -0.15) is 0 Å². The summed E-state index contributed by atoms with van der Waals surface area (Å²) in [6, 6.07) is -1.06. The number of thiophene rings is 1. The second-order valence-electron chi connectivity index (χ2n) is 8.91. The number of amides is 6. The van der Waals surface area contributed by atoms with Gasteiger partial charge in [0.05, 0.1) is 7.11 Å². The van der Waals surface area contributed by atoms with Crippen molar-refractivity contribution in [3.8, 4) is 0 Å². The fraction of sp³-hybridized carbons (Fsp3) is 0.583. The minimum Gasteiger partial charge on any atom is -0.467 e. The smallest absolute Gasteiger partial charge is 0.331 e. The molecule has 0 radical (unpaired) electrons. The summed E-state index contributed by atoms with van der Waals surface area (Å²) < 4.78 is 4.62. The Kier molecular flexibility index (Phi) is 10.0. The van der Waals surface area contributed by atoms with Gasteiger partial charge >= 0.3 is 23.8 Å². The Bertz CT molecular complexity index is 1020. The molecule has 0 saturated carbocycles. The third kappa shape index (κ3) is 6.85. The van der Waals surface area contributed by atoms with Crippen LogP contribution in [0.4, 0.5) is 4.79 Å². The lowest BCUT2D eigenvalue weighted by Crippen LogP contribution is -2.72. The Morgan fingerprint density at radius 3 is 2.49 bits per heavy atom. The number of carbonyl (C=O) groups excluding carboxylic acids is 6. The number of ether oxygens (including phenoxy) is 1. The van der Waals surface area contributed by atoms with Crippen LogP contribution in [0.1, 0.15) is 56.4 Å². The number of hydrogen-bond donors (Lipinski definition) is 3. The van der Waals surface area contributed by atoms with E-state index in [1.165, 1.54) is 22.7 Å². The van der Waals surface area contributed by atoms with Crippen LogP contribution in [0.25, 0.3) is 0 Å². The highest BCUT2D eigenvalue weighted by Gasteiger charge is 2.47. The maximum Gasteiger partial charge on any atom is 0.331 e. The highest BCUT2D eigenvalue weighted by atomic mass is 32.1. The molecule has 1 unspecified atom stereocenters. The lowest BCUT2D eigenvalue weighted by molar-refractivity contribution is -0.154. The first-order valence-electron chi connectivity index (χ1n) is 12.4. The van der Waals surface area contributed by atoms with E-state index in [-0.39, 0.29) is 13.1 Å². The normalized spacial score (nSPS) is 20.1. The van der Waals surface area contributed by atoms with E-state index >= 15 is 0 Å². The summed E-state index contributed by atoms with van der Waals surface area (Å²) in [4.78, 5) is 77.7. The maximum atomic E-state index is 13.0. The SMILES string of the molecule is CCCCCCCCN1CCN(C(=O)NC(C(=O)N[C@H]2C(=O)N[C@@H]2C(=O)OC)c2cccs2)C(=O)C1=O. The molecular weight excluding hydrogens is 502 g/mol. The van der Waals surface area contributed by atoms with Crippen LogP contribution in [0.5, 0.6) is 0 Å². The molecule has 12 nitrogen and oxygen atoms in total. The van der Waals surface area contributed by atoms with Crippen LogP contribution in [0.15, 0.2) is 17.5 Å². The van der Waals surface area contributed by atoms with Crippen LogP contribution in [0.3, 0.4) is 0 Å². The first kappa shape index (κ1) is 28.1. The molecule has 1 aromatic rings. The van der Waals surface area contributed by atoms with Gasteiger partial charge in [-0.05, 0) is 17.9 Å². The molecule has 1 aromatic heterocycles. The minimum absolute atomic E-state index is 0.000463. The topological polar surface area (TPSA) is 154 Å². The molecule has 3 rings (SSSR count). The molecule has 6 amide bonds. The number of esters is 1. The Morgan fingerprint density at radius 1 is 1.11 bits per heavy atom. The second-order valence-corrected chi connectivity index (χ2v) is 9.89. The van der Waals surface area contributed by atoms with Crippen molar-refractivity contribution in [2.45, 2.75) is 63.6 Å². The van der Waals surface area contributed by atoms with Crippen molar-refractivity contribution < 1.29 is 33.5 Å². The number of nitrogens with zero attached hydrogens (tertiary/aromatic N) is 2. The van der Waals surface area contributed by atoms with Gasteiger partial charge in [0.1, 0.15) is 12.1 Å². The van der Waals surface area contributed by atoms with Crippen LogP contribution in [-0.2, 0) is 28.7 Å². The zero-order chi connectivity index (χ0) is 26.9. The summed E-state index contributed by atoms with van der Waals surface area (Å²) in [6.07, 6.45) is 6.30. The van der Waals surface area contributed by atoms with Crippen molar-refractivity contribution in [3.05, 3.63) is 22.4 Å². The average Bonchev–Trinajstić information content (AvgIpc) is 3.42. The van der Waals surface area contributed by atoms with Gasteiger partial charge in [-0.1, -0.05) is 45.1 Å². The van der Waals surface area contributed by atoms with E-state index in [0.717, 1.165) is 44.1 Å². The minimum atomic E-state index is -1.25. The van der Waals surface area contributed by atoms with Gasteiger partial charge in [-0.25, -0.2) is 9.59 Å². The van der Waals surface area contributed by atoms with Crippen LogP contribution in [0.2, 0.25) is 0 Å². The Balaban J connectivity index is 1.59. The molecular formula is C24H33N5O7S. The maximum absolute atomic E-state index is 13.0. The summed E-state index contributed by atoms with van der Waals surface area (Å²) in [6.45, 7) is 2.81. The number of piperazine rings is 1. The Labute approximate surface area is 219 Å². The predicted octanol–water partition coefficient (Wildman–Crippen LogP) is 0.686. The molecule has 13 heteroatoms. The summed E-state index contributed by atoms with van der Waals surface area (Å²) in [5.74, 6) is -3.74. The molecule has 2 aliphatic heterocycles. The van der Waals surface area contributed by atoms with Gasteiger partial charge in [-0.15, -0.1) is 11.3 Å². The van der Waals surface area contributed by atoms with E-state index in [2.05, 4.69) is 27.6 Å². The van der Waals surface area contributed by atoms with Gasteiger partial charge in [0.15, 0.2) is 6.04 Å². The molecule has 2 aliphatic rings. The van der Waals surface area contributed by atoms with Crippen molar-refractivity contribution in [2.75, 3.05) is 26.7 Å². The van der Waals surface area contributed by atoms with E-state index < -0.39 is 53.8 Å². The monoisotopic (exact) mass is 535 g/mol. The average molecular weight is 536 g/mol. The molecule has 3 atom stereocenters. The third-order valence-electron chi connectivity index (χ3n) is 6.36. The number of β-lactam (4-membered cyclic amide) rings is 1. The van der Waals surface area contributed by atoms with Crippen LogP contribution >= 0.6 is 11.3 Å². The molecule has 0 aliphatic carbocycles. The number of methoxy groups -OCH3 is 1. The summed E-state index contributed by atoms with van der Waals surface area (Å²) in [5, 5.41) is 9.00. The largest absolute Gasteiger partial charge is 0.467 e. The van der Waals surface area contributed by atoms with E-state index in [1.807, 2.05) is 0 Å². The molecule has 2 saturated heterocycles. The fourth-order valence-electron chi connectivity index (χ4n) is 4.18. The first-order valence-corrected chi connectivity index (χ1v) is 13.3.